The molecule has 0 aliphatic carbocycles. The zero-order valence-corrected chi connectivity index (χ0v) is 14.7. The summed E-state index contributed by atoms with van der Waals surface area (Å²) in [6.45, 7) is 7.16. The van der Waals surface area contributed by atoms with Crippen LogP contribution in [0.2, 0.25) is 18.1 Å². The molecule has 1 rings (SSSR count). The average Bonchev–Trinajstić information content (AvgIpc) is 2.19. The maximum atomic E-state index is 2.82. The highest BCUT2D eigenvalue weighted by Crippen LogP contribution is 2.21. The quantitative estimate of drug-likeness (QED) is 0.686. The Morgan fingerprint density at radius 1 is 0.600 bits per heavy atom. The summed E-state index contributed by atoms with van der Waals surface area (Å²) in [7, 11) is 4.99. The number of nitrogens with zero attached hydrogens (tertiary/aromatic N) is 3. The van der Waals surface area contributed by atoms with E-state index in [0.29, 0.717) is 0 Å². The van der Waals surface area contributed by atoms with Gasteiger partial charge in [-0.25, -0.2) is 0 Å². The van der Waals surface area contributed by atoms with E-state index >= 15 is 0 Å². The first-order valence-electron chi connectivity index (χ1n) is 6.24. The summed E-state index contributed by atoms with van der Waals surface area (Å²) in [5.41, 5.74) is 0. The fraction of sp³-hybridized carbons (Fsp3) is 1.00. The molecule has 0 saturated carbocycles. The van der Waals surface area contributed by atoms with E-state index in [0.717, 1.165) is 0 Å². The van der Waals surface area contributed by atoms with Gasteiger partial charge in [0.1, 0.15) is 0 Å². The number of rotatable bonds is 3. The maximum Gasteiger partial charge on any atom is 0.177 e. The van der Waals surface area contributed by atoms with Crippen LogP contribution in [0.4, 0.5) is 0 Å². The van der Waals surface area contributed by atoms with Crippen LogP contribution in [0.15, 0.2) is 0 Å². The summed E-state index contributed by atoms with van der Waals surface area (Å²) in [4.78, 5) is 0. The molecule has 0 aromatic carbocycles. The van der Waals surface area contributed by atoms with Crippen molar-refractivity contribution < 1.29 is 0 Å². The third kappa shape index (κ3) is 2.45. The molecule has 0 bridgehead atoms. The Balaban J connectivity index is 2.87. The zero-order valence-electron chi connectivity index (χ0n) is 11.2. The average molecular weight is 262 g/mol. The summed E-state index contributed by atoms with van der Waals surface area (Å²) in [5, 5.41) is 0. The highest BCUT2D eigenvalue weighted by atomic mass is 28.4. The molecule has 0 amide bonds. The Morgan fingerprint density at radius 2 is 0.800 bits per heavy atom. The second-order valence-electron chi connectivity index (χ2n) is 4.66. The van der Waals surface area contributed by atoms with Crippen molar-refractivity contribution in [1.82, 2.24) is 12.7 Å². The van der Waals surface area contributed by atoms with Gasteiger partial charge in [-0.2, -0.15) is 0 Å². The van der Waals surface area contributed by atoms with Gasteiger partial charge in [-0.15, -0.1) is 0 Å². The lowest BCUT2D eigenvalue weighted by Crippen LogP contribution is -2.74. The van der Waals surface area contributed by atoms with Crippen LogP contribution in [0.1, 0.15) is 20.8 Å². The van der Waals surface area contributed by atoms with Gasteiger partial charge in [0.15, 0.2) is 27.4 Å². The molecule has 3 nitrogen and oxygen atoms in total. The fourth-order valence-corrected chi connectivity index (χ4v) is 22.1. The molecule has 0 spiro atoms. The molecule has 1 aliphatic rings. The van der Waals surface area contributed by atoms with E-state index in [-0.39, 0.29) is 0 Å². The van der Waals surface area contributed by atoms with Crippen LogP contribution in [-0.2, 0) is 0 Å². The smallest absolute Gasteiger partial charge is 0.177 e. The predicted octanol–water partition coefficient (Wildman–Crippen LogP) is 0.517. The molecule has 0 atom stereocenters. The van der Waals surface area contributed by atoms with Crippen LogP contribution in [0.3, 0.4) is 0 Å². The molecule has 90 valence electrons. The molecule has 1 fully saturated rings. The first-order chi connectivity index (χ1) is 7.08. The third-order valence-corrected chi connectivity index (χ3v) is 17.9. The van der Waals surface area contributed by atoms with E-state index in [9.17, 15) is 0 Å². The summed E-state index contributed by atoms with van der Waals surface area (Å²) < 4.78 is 8.46. The van der Waals surface area contributed by atoms with Gasteiger partial charge in [0.25, 0.3) is 0 Å². The molecule has 0 N–H and O–H groups in total. The minimum Gasteiger partial charge on any atom is -0.330 e. The number of hydrogen-bond donors (Lipinski definition) is 0. The molecule has 0 aromatic rings. The molecule has 6 heteroatoms. The van der Waals surface area contributed by atoms with Gasteiger partial charge in [0, 0.05) is 0 Å². The molecule has 0 aromatic heterocycles. The first-order valence-corrected chi connectivity index (χ1v) is 11.8. The first kappa shape index (κ1) is 13.6. The summed E-state index contributed by atoms with van der Waals surface area (Å²) in [6, 6.07) is 4.23. The highest BCUT2D eigenvalue weighted by molar-refractivity contribution is 6.85. The largest absolute Gasteiger partial charge is 0.330 e. The topological polar surface area (TPSA) is 9.72 Å². The van der Waals surface area contributed by atoms with Gasteiger partial charge in [-0.3, -0.25) is 0 Å². The monoisotopic (exact) mass is 261 g/mol. The Labute approximate surface area is 100 Å². The molecular weight excluding hydrogens is 234 g/mol. The van der Waals surface area contributed by atoms with E-state index in [1.54, 1.807) is 0 Å². The molecule has 15 heavy (non-hydrogen) atoms. The molecular formula is C9H27N3Si3. The molecule has 1 heterocycles. The van der Waals surface area contributed by atoms with Crippen molar-refractivity contribution in [2.45, 2.75) is 38.9 Å². The van der Waals surface area contributed by atoms with E-state index < -0.39 is 27.4 Å². The van der Waals surface area contributed by atoms with Crippen molar-refractivity contribution in [3.8, 4) is 0 Å². The van der Waals surface area contributed by atoms with Crippen molar-refractivity contribution in [3.63, 3.8) is 0 Å². The van der Waals surface area contributed by atoms with Crippen molar-refractivity contribution in [3.05, 3.63) is 0 Å². The molecule has 1 aliphatic heterocycles. The van der Waals surface area contributed by atoms with Crippen LogP contribution in [-0.4, -0.2) is 61.2 Å². The maximum absolute atomic E-state index is 2.82. The van der Waals surface area contributed by atoms with Crippen molar-refractivity contribution in [2.24, 2.45) is 0 Å². The van der Waals surface area contributed by atoms with Crippen molar-refractivity contribution >= 4 is 27.4 Å². The molecule has 0 unspecified atom stereocenters. The van der Waals surface area contributed by atoms with E-state index in [2.05, 4.69) is 54.6 Å². The Hall–Kier alpha value is 0.531. The minimum atomic E-state index is -0.735. The van der Waals surface area contributed by atoms with Gasteiger partial charge in [-0.05, 0) is 39.3 Å². The lowest BCUT2D eigenvalue weighted by molar-refractivity contribution is 0.527. The van der Waals surface area contributed by atoms with Crippen LogP contribution >= 0.6 is 0 Å². The van der Waals surface area contributed by atoms with E-state index in [1.807, 2.05) is 0 Å². The van der Waals surface area contributed by atoms with Crippen LogP contribution < -0.4 is 0 Å². The minimum absolute atomic E-state index is 0.735. The van der Waals surface area contributed by atoms with Gasteiger partial charge in [-0.1, -0.05) is 20.8 Å². The lowest BCUT2D eigenvalue weighted by Gasteiger charge is -2.53. The Morgan fingerprint density at radius 3 is 0.933 bits per heavy atom. The molecule has 1 saturated heterocycles. The van der Waals surface area contributed by atoms with E-state index in [4.69, 9.17) is 0 Å². The predicted molar refractivity (Wildman–Crippen MR) is 76.2 cm³/mol. The van der Waals surface area contributed by atoms with Crippen LogP contribution in [0.5, 0.6) is 0 Å². The summed E-state index contributed by atoms with van der Waals surface area (Å²) in [6.07, 6.45) is 0. The Bertz CT molecular complexity index is 160. The van der Waals surface area contributed by atoms with E-state index in [1.165, 1.54) is 18.1 Å². The van der Waals surface area contributed by atoms with Crippen molar-refractivity contribution in [1.29, 1.82) is 0 Å². The highest BCUT2D eigenvalue weighted by Gasteiger charge is 2.41. The standard InChI is InChI=1S/C9H27N3Si3/c1-7-13-10(4)14(8-2)12(6)15(9-3)11(13)5/h13-15H,7-9H2,1-6H3. The number of hydrogen-bond acceptors (Lipinski definition) is 3. The van der Waals surface area contributed by atoms with Gasteiger partial charge in [0.2, 0.25) is 0 Å². The SMILES string of the molecule is CC[SiH]1N(C)[SiH](CC)N(C)[SiH](CC)N1C. The fourth-order valence-electron chi connectivity index (χ4n) is 3.19. The second-order valence-corrected chi connectivity index (χ2v) is 16.7. The van der Waals surface area contributed by atoms with Crippen LogP contribution in [0.25, 0.3) is 0 Å². The summed E-state index contributed by atoms with van der Waals surface area (Å²) in [5.74, 6) is 0. The normalized spacial score (nSPS) is 36.0. The zero-order chi connectivity index (χ0) is 11.6. The summed E-state index contributed by atoms with van der Waals surface area (Å²) >= 11 is 0. The van der Waals surface area contributed by atoms with Gasteiger partial charge in [0.05, 0.1) is 0 Å². The third-order valence-electron chi connectivity index (χ3n) is 3.92. The van der Waals surface area contributed by atoms with Gasteiger partial charge >= 0.3 is 0 Å². The van der Waals surface area contributed by atoms with Gasteiger partial charge < -0.3 is 12.7 Å². The van der Waals surface area contributed by atoms with Crippen molar-refractivity contribution in [2.75, 3.05) is 21.1 Å². The lowest BCUT2D eigenvalue weighted by atomic mass is 11.0. The van der Waals surface area contributed by atoms with Crippen LogP contribution in [0, 0.1) is 0 Å². The molecule has 0 radical (unpaired) electrons. The Kier molecular flexibility index (Phi) is 5.20. The second kappa shape index (κ2) is 5.74.